The molecule has 3 saturated heterocycles. The summed E-state index contributed by atoms with van der Waals surface area (Å²) in [5.74, 6) is -0.522. The summed E-state index contributed by atoms with van der Waals surface area (Å²) in [7, 11) is 0. The topological polar surface area (TPSA) is 67.7 Å². The van der Waals surface area contributed by atoms with Crippen molar-refractivity contribution in [2.24, 2.45) is 5.92 Å². The molecule has 0 aliphatic carbocycles. The highest BCUT2D eigenvalue weighted by molar-refractivity contribution is 5.86. The van der Waals surface area contributed by atoms with E-state index in [1.807, 2.05) is 18.7 Å². The van der Waals surface area contributed by atoms with E-state index in [4.69, 9.17) is 0 Å². The predicted octanol–water partition coefficient (Wildman–Crippen LogP) is 2.32. The molecule has 7 heteroatoms. The van der Waals surface area contributed by atoms with E-state index in [2.05, 4.69) is 11.0 Å². The Kier molecular flexibility index (Phi) is 5.30. The summed E-state index contributed by atoms with van der Waals surface area (Å²) in [6, 6.07) is 8.00. The Bertz CT molecular complexity index is 853. The highest BCUT2D eigenvalue weighted by Gasteiger charge is 2.51. The first-order valence-corrected chi connectivity index (χ1v) is 10.4. The first-order chi connectivity index (χ1) is 13.9. The van der Waals surface area contributed by atoms with Crippen LogP contribution in [0.5, 0.6) is 0 Å². The van der Waals surface area contributed by atoms with E-state index in [0.717, 1.165) is 19.3 Å². The van der Waals surface area contributed by atoms with Crippen LogP contribution in [-0.4, -0.2) is 64.3 Å². The zero-order valence-electron chi connectivity index (χ0n) is 16.9. The van der Waals surface area contributed by atoms with Crippen LogP contribution in [0.2, 0.25) is 0 Å². The van der Waals surface area contributed by atoms with Crippen LogP contribution in [-0.2, 0) is 9.59 Å². The van der Waals surface area contributed by atoms with Crippen LogP contribution in [0.3, 0.4) is 0 Å². The number of nitrogens with zero attached hydrogens (tertiary/aromatic N) is 4. The van der Waals surface area contributed by atoms with Crippen molar-refractivity contribution in [3.8, 4) is 6.07 Å². The van der Waals surface area contributed by atoms with Gasteiger partial charge in [0.15, 0.2) is 0 Å². The minimum Gasteiger partial charge on any atom is -0.330 e. The number of amides is 2. The van der Waals surface area contributed by atoms with Gasteiger partial charge in [0.05, 0.1) is 18.2 Å². The van der Waals surface area contributed by atoms with Crippen molar-refractivity contribution in [3.05, 3.63) is 35.6 Å². The molecular formula is C22H27FN4O2. The molecule has 0 aromatic heterocycles. The van der Waals surface area contributed by atoms with Crippen molar-refractivity contribution in [2.75, 3.05) is 19.6 Å². The van der Waals surface area contributed by atoms with Crippen LogP contribution in [0.15, 0.2) is 24.3 Å². The number of halogens is 1. The standard InChI is InChI=1S/C22H27FN4O2/c1-14(21(28)26-9-5-6-16(26)11-24)12-25-13-17-10-20(25)22(29)27(17)15(2)18-7-3-4-8-19(18)23/h3-4,7-8,14-17,20H,5-6,9-10,12-13H2,1-2H3/t14-,15+,16-,17?,20+/m0/s1. The van der Waals surface area contributed by atoms with Crippen LogP contribution in [0.25, 0.3) is 0 Å². The fraction of sp³-hybridized carbons (Fsp3) is 0.591. The molecule has 3 fully saturated rings. The molecule has 3 aliphatic rings. The summed E-state index contributed by atoms with van der Waals surface area (Å²) < 4.78 is 14.2. The Morgan fingerprint density at radius 2 is 2.10 bits per heavy atom. The van der Waals surface area contributed by atoms with Crippen molar-refractivity contribution in [2.45, 2.75) is 57.3 Å². The molecule has 0 saturated carbocycles. The lowest BCUT2D eigenvalue weighted by molar-refractivity contribution is -0.142. The molecule has 5 atom stereocenters. The third-order valence-corrected chi connectivity index (χ3v) is 6.70. The largest absolute Gasteiger partial charge is 0.330 e. The summed E-state index contributed by atoms with van der Waals surface area (Å²) in [4.78, 5) is 31.4. The summed E-state index contributed by atoms with van der Waals surface area (Å²) >= 11 is 0. The number of hydrogen-bond donors (Lipinski definition) is 0. The second kappa shape index (κ2) is 7.75. The molecule has 0 radical (unpaired) electrons. The molecule has 1 aromatic rings. The molecule has 3 heterocycles. The van der Waals surface area contributed by atoms with Crippen molar-refractivity contribution >= 4 is 11.8 Å². The lowest BCUT2D eigenvalue weighted by atomic mass is 10.0. The number of nitriles is 1. The Labute approximate surface area is 170 Å². The average Bonchev–Trinajstić information content (AvgIpc) is 3.41. The van der Waals surface area contributed by atoms with Gasteiger partial charge in [-0.25, -0.2) is 4.39 Å². The van der Waals surface area contributed by atoms with Crippen LogP contribution < -0.4 is 0 Å². The lowest BCUT2D eigenvalue weighted by Crippen LogP contribution is -2.53. The normalized spacial score (nSPS) is 28.6. The van der Waals surface area contributed by atoms with Gasteiger partial charge in [-0.1, -0.05) is 25.1 Å². The third kappa shape index (κ3) is 3.40. The number of carbonyl (C=O) groups is 2. The monoisotopic (exact) mass is 398 g/mol. The van der Waals surface area contributed by atoms with E-state index in [-0.39, 0.29) is 47.7 Å². The molecule has 0 N–H and O–H groups in total. The van der Waals surface area contributed by atoms with Gasteiger partial charge in [0.25, 0.3) is 0 Å². The molecule has 2 bridgehead atoms. The van der Waals surface area contributed by atoms with Crippen LogP contribution in [0.4, 0.5) is 4.39 Å². The van der Waals surface area contributed by atoms with E-state index in [9.17, 15) is 19.2 Å². The highest BCUT2D eigenvalue weighted by Crippen LogP contribution is 2.38. The summed E-state index contributed by atoms with van der Waals surface area (Å²) in [5.41, 5.74) is 0.542. The van der Waals surface area contributed by atoms with E-state index in [0.29, 0.717) is 25.2 Å². The maximum Gasteiger partial charge on any atom is 0.240 e. The average molecular weight is 398 g/mol. The molecule has 2 amide bonds. The van der Waals surface area contributed by atoms with Crippen molar-refractivity contribution in [1.29, 1.82) is 5.26 Å². The van der Waals surface area contributed by atoms with Crippen LogP contribution >= 0.6 is 0 Å². The summed E-state index contributed by atoms with van der Waals surface area (Å²) in [5, 5.41) is 9.24. The van der Waals surface area contributed by atoms with Gasteiger partial charge in [0, 0.05) is 37.2 Å². The van der Waals surface area contributed by atoms with Gasteiger partial charge in [-0.05, 0) is 32.3 Å². The van der Waals surface area contributed by atoms with E-state index >= 15 is 0 Å². The fourth-order valence-corrected chi connectivity index (χ4v) is 5.24. The zero-order valence-corrected chi connectivity index (χ0v) is 16.9. The Balaban J connectivity index is 1.40. The Hall–Kier alpha value is -2.46. The molecule has 4 rings (SSSR count). The molecule has 1 unspecified atom stereocenters. The number of likely N-dealkylation sites (tertiary alicyclic amines) is 3. The van der Waals surface area contributed by atoms with Crippen molar-refractivity contribution in [1.82, 2.24) is 14.7 Å². The quantitative estimate of drug-likeness (QED) is 0.763. The SMILES string of the molecule is C[C@H](c1ccccc1F)N1C(=O)[C@H]2CC1CN2C[C@H](C)C(=O)N1CCC[C@H]1C#N. The second-order valence-corrected chi connectivity index (χ2v) is 8.52. The third-order valence-electron chi connectivity index (χ3n) is 6.70. The van der Waals surface area contributed by atoms with Gasteiger partial charge in [-0.3, -0.25) is 14.5 Å². The molecule has 154 valence electrons. The molecule has 3 aliphatic heterocycles. The number of benzene rings is 1. The van der Waals surface area contributed by atoms with Crippen LogP contribution in [0.1, 0.15) is 44.7 Å². The second-order valence-electron chi connectivity index (χ2n) is 8.52. The van der Waals surface area contributed by atoms with Crippen molar-refractivity contribution < 1.29 is 14.0 Å². The smallest absolute Gasteiger partial charge is 0.240 e. The number of piperazine rings is 1. The van der Waals surface area contributed by atoms with Gasteiger partial charge in [0.1, 0.15) is 11.9 Å². The summed E-state index contributed by atoms with van der Waals surface area (Å²) in [6.07, 6.45) is 2.33. The van der Waals surface area contributed by atoms with Gasteiger partial charge in [-0.15, -0.1) is 0 Å². The molecule has 0 spiro atoms. The van der Waals surface area contributed by atoms with Gasteiger partial charge >= 0.3 is 0 Å². The minimum absolute atomic E-state index is 0.000790. The highest BCUT2D eigenvalue weighted by atomic mass is 19.1. The number of rotatable bonds is 5. The Morgan fingerprint density at radius 1 is 1.34 bits per heavy atom. The van der Waals surface area contributed by atoms with E-state index in [1.165, 1.54) is 6.07 Å². The molecular weight excluding hydrogens is 371 g/mol. The number of fused-ring (bicyclic) bond motifs is 2. The summed E-state index contributed by atoms with van der Waals surface area (Å²) in [6.45, 7) is 5.62. The Morgan fingerprint density at radius 3 is 2.79 bits per heavy atom. The first-order valence-electron chi connectivity index (χ1n) is 10.4. The zero-order chi connectivity index (χ0) is 20.7. The maximum absolute atomic E-state index is 14.2. The maximum atomic E-state index is 14.2. The molecule has 1 aromatic carbocycles. The first kappa shape index (κ1) is 19.8. The predicted molar refractivity (Wildman–Crippen MR) is 105 cm³/mol. The van der Waals surface area contributed by atoms with Gasteiger partial charge in [0.2, 0.25) is 11.8 Å². The van der Waals surface area contributed by atoms with Gasteiger partial charge < -0.3 is 9.80 Å². The molecule has 29 heavy (non-hydrogen) atoms. The van der Waals surface area contributed by atoms with E-state index in [1.54, 1.807) is 23.1 Å². The van der Waals surface area contributed by atoms with Crippen LogP contribution in [0, 0.1) is 23.1 Å². The van der Waals surface area contributed by atoms with Crippen molar-refractivity contribution in [3.63, 3.8) is 0 Å². The van der Waals surface area contributed by atoms with Gasteiger partial charge in [-0.2, -0.15) is 5.26 Å². The minimum atomic E-state index is -0.321. The van der Waals surface area contributed by atoms with E-state index < -0.39 is 0 Å². The fourth-order valence-electron chi connectivity index (χ4n) is 5.24. The lowest BCUT2D eigenvalue weighted by Gasteiger charge is -2.38. The number of hydrogen-bond acceptors (Lipinski definition) is 4. The molecule has 6 nitrogen and oxygen atoms in total. The number of carbonyl (C=O) groups excluding carboxylic acids is 2.